The van der Waals surface area contributed by atoms with E-state index in [0.717, 1.165) is 17.7 Å². The van der Waals surface area contributed by atoms with Gasteiger partial charge in [0.1, 0.15) is 0 Å². The lowest BCUT2D eigenvalue weighted by molar-refractivity contribution is -0.137. The summed E-state index contributed by atoms with van der Waals surface area (Å²) < 4.78 is 37.1. The molecule has 1 aliphatic heterocycles. The third-order valence-electron chi connectivity index (χ3n) is 2.86. The Balaban J connectivity index is 1.96. The molecule has 1 atom stereocenters. The summed E-state index contributed by atoms with van der Waals surface area (Å²) in [6.07, 6.45) is -3.70. The van der Waals surface area contributed by atoms with Gasteiger partial charge in [0, 0.05) is 12.6 Å². The first-order valence-corrected chi connectivity index (χ1v) is 5.61. The smallest absolute Gasteiger partial charge is 0.353 e. The Morgan fingerprint density at radius 1 is 1.22 bits per heavy atom. The molecule has 2 rings (SSSR count). The monoisotopic (exact) mass is 258 g/mol. The fourth-order valence-electron chi connectivity index (χ4n) is 1.87. The number of carbonyl (C=O) groups excluding carboxylic acids is 1. The quantitative estimate of drug-likeness (QED) is 0.840. The van der Waals surface area contributed by atoms with Crippen LogP contribution in [0.15, 0.2) is 24.3 Å². The van der Waals surface area contributed by atoms with Crippen LogP contribution < -0.4 is 10.6 Å². The first-order chi connectivity index (χ1) is 8.45. The van der Waals surface area contributed by atoms with E-state index in [-0.39, 0.29) is 18.5 Å². The van der Waals surface area contributed by atoms with E-state index >= 15 is 0 Å². The highest BCUT2D eigenvalue weighted by Crippen LogP contribution is 2.29. The summed E-state index contributed by atoms with van der Waals surface area (Å²) in [5.41, 5.74) is 0.174. The van der Waals surface area contributed by atoms with Crippen LogP contribution in [-0.2, 0) is 17.4 Å². The van der Waals surface area contributed by atoms with Crippen LogP contribution >= 0.6 is 0 Å². The number of carbonyl (C=O) groups is 1. The highest BCUT2D eigenvalue weighted by atomic mass is 19.4. The fourth-order valence-corrected chi connectivity index (χ4v) is 1.87. The Bertz CT molecular complexity index is 418. The lowest BCUT2D eigenvalue weighted by atomic mass is 10.0. The summed E-state index contributed by atoms with van der Waals surface area (Å²) in [6.45, 7) is 0.755. The SMILES string of the molecule is O=C1CNC(Cc2ccc(C(F)(F)F)cc2)CN1. The number of nitrogens with one attached hydrogen (secondary N) is 2. The average molecular weight is 258 g/mol. The molecule has 1 unspecified atom stereocenters. The first kappa shape index (κ1) is 12.9. The van der Waals surface area contributed by atoms with E-state index < -0.39 is 11.7 Å². The summed E-state index contributed by atoms with van der Waals surface area (Å²) >= 11 is 0. The van der Waals surface area contributed by atoms with Gasteiger partial charge in [-0.05, 0) is 24.1 Å². The van der Waals surface area contributed by atoms with E-state index in [4.69, 9.17) is 0 Å². The maximum atomic E-state index is 12.4. The van der Waals surface area contributed by atoms with Crippen LogP contribution in [0.3, 0.4) is 0 Å². The number of hydrogen-bond donors (Lipinski definition) is 2. The van der Waals surface area contributed by atoms with Crippen molar-refractivity contribution in [3.05, 3.63) is 35.4 Å². The fraction of sp³-hybridized carbons (Fsp3) is 0.417. The molecule has 1 saturated heterocycles. The van der Waals surface area contributed by atoms with Crippen molar-refractivity contribution in [3.8, 4) is 0 Å². The Labute approximate surface area is 102 Å². The van der Waals surface area contributed by atoms with Crippen LogP contribution in [0, 0.1) is 0 Å². The standard InChI is InChI=1S/C12H13F3N2O/c13-12(14,15)9-3-1-8(2-4-9)5-10-6-17-11(18)7-16-10/h1-4,10,16H,5-7H2,(H,17,18). The van der Waals surface area contributed by atoms with Crippen molar-refractivity contribution in [1.82, 2.24) is 10.6 Å². The summed E-state index contributed by atoms with van der Waals surface area (Å²) in [4.78, 5) is 10.9. The molecule has 0 radical (unpaired) electrons. The van der Waals surface area contributed by atoms with Gasteiger partial charge in [-0.1, -0.05) is 12.1 Å². The maximum absolute atomic E-state index is 12.4. The van der Waals surface area contributed by atoms with E-state index in [1.807, 2.05) is 0 Å². The van der Waals surface area contributed by atoms with Gasteiger partial charge in [0.2, 0.25) is 5.91 Å². The zero-order valence-corrected chi connectivity index (χ0v) is 9.55. The molecule has 1 heterocycles. The van der Waals surface area contributed by atoms with E-state index in [1.165, 1.54) is 12.1 Å². The third-order valence-corrected chi connectivity index (χ3v) is 2.86. The lowest BCUT2D eigenvalue weighted by Crippen LogP contribution is -2.52. The van der Waals surface area contributed by atoms with Crippen molar-refractivity contribution in [2.45, 2.75) is 18.6 Å². The van der Waals surface area contributed by atoms with Crippen molar-refractivity contribution in [1.29, 1.82) is 0 Å². The highest BCUT2D eigenvalue weighted by molar-refractivity contribution is 5.78. The predicted octanol–water partition coefficient (Wildman–Crippen LogP) is 1.34. The molecule has 6 heteroatoms. The van der Waals surface area contributed by atoms with Crippen molar-refractivity contribution in [2.24, 2.45) is 0 Å². The van der Waals surface area contributed by atoms with Crippen LogP contribution in [-0.4, -0.2) is 25.0 Å². The van der Waals surface area contributed by atoms with E-state index in [2.05, 4.69) is 10.6 Å². The van der Waals surface area contributed by atoms with Crippen LogP contribution in [0.5, 0.6) is 0 Å². The van der Waals surface area contributed by atoms with Gasteiger partial charge in [0.15, 0.2) is 0 Å². The molecule has 18 heavy (non-hydrogen) atoms. The molecular weight excluding hydrogens is 245 g/mol. The molecule has 1 aliphatic rings. The highest BCUT2D eigenvalue weighted by Gasteiger charge is 2.30. The second kappa shape index (κ2) is 4.97. The number of halogens is 3. The van der Waals surface area contributed by atoms with Gasteiger partial charge in [0.25, 0.3) is 0 Å². The molecule has 1 aromatic carbocycles. The molecule has 2 N–H and O–H groups in total. The van der Waals surface area contributed by atoms with Gasteiger partial charge in [-0.25, -0.2) is 0 Å². The van der Waals surface area contributed by atoms with Crippen molar-refractivity contribution in [2.75, 3.05) is 13.1 Å². The van der Waals surface area contributed by atoms with Gasteiger partial charge in [-0.3, -0.25) is 4.79 Å². The van der Waals surface area contributed by atoms with Gasteiger partial charge in [0.05, 0.1) is 12.1 Å². The molecule has 0 spiro atoms. The Hall–Kier alpha value is -1.56. The topological polar surface area (TPSA) is 41.1 Å². The molecule has 3 nitrogen and oxygen atoms in total. The molecule has 0 aromatic heterocycles. The largest absolute Gasteiger partial charge is 0.416 e. The Morgan fingerprint density at radius 3 is 2.39 bits per heavy atom. The van der Waals surface area contributed by atoms with E-state index in [9.17, 15) is 18.0 Å². The summed E-state index contributed by atoms with van der Waals surface area (Å²) in [6, 6.07) is 5.18. The summed E-state index contributed by atoms with van der Waals surface area (Å²) in [5.74, 6) is -0.0568. The molecule has 1 amide bonds. The lowest BCUT2D eigenvalue weighted by Gasteiger charge is -2.24. The van der Waals surface area contributed by atoms with Crippen molar-refractivity contribution in [3.63, 3.8) is 0 Å². The average Bonchev–Trinajstić information content (AvgIpc) is 2.32. The van der Waals surface area contributed by atoms with Crippen LogP contribution in [0.2, 0.25) is 0 Å². The Morgan fingerprint density at radius 2 is 1.89 bits per heavy atom. The molecular formula is C12H13F3N2O. The summed E-state index contributed by atoms with van der Waals surface area (Å²) in [5, 5.41) is 5.73. The number of hydrogen-bond acceptors (Lipinski definition) is 2. The third kappa shape index (κ3) is 3.22. The molecule has 1 fully saturated rings. The van der Waals surface area contributed by atoms with E-state index in [1.54, 1.807) is 0 Å². The zero-order valence-electron chi connectivity index (χ0n) is 9.55. The van der Waals surface area contributed by atoms with Crippen molar-refractivity contribution >= 4 is 5.91 Å². The molecule has 0 saturated carbocycles. The maximum Gasteiger partial charge on any atom is 0.416 e. The van der Waals surface area contributed by atoms with Crippen LogP contribution in [0.1, 0.15) is 11.1 Å². The number of piperazine rings is 1. The van der Waals surface area contributed by atoms with Gasteiger partial charge >= 0.3 is 6.18 Å². The van der Waals surface area contributed by atoms with E-state index in [0.29, 0.717) is 13.0 Å². The minimum absolute atomic E-state index is 0.0568. The number of rotatable bonds is 2. The van der Waals surface area contributed by atoms with Gasteiger partial charge in [-0.15, -0.1) is 0 Å². The van der Waals surface area contributed by atoms with Crippen LogP contribution in [0.25, 0.3) is 0 Å². The summed E-state index contributed by atoms with van der Waals surface area (Å²) in [7, 11) is 0. The molecule has 0 bridgehead atoms. The normalized spacial score (nSPS) is 20.6. The molecule has 1 aromatic rings. The van der Waals surface area contributed by atoms with Gasteiger partial charge in [-0.2, -0.15) is 13.2 Å². The number of benzene rings is 1. The van der Waals surface area contributed by atoms with Crippen molar-refractivity contribution < 1.29 is 18.0 Å². The minimum Gasteiger partial charge on any atom is -0.353 e. The second-order valence-electron chi connectivity index (χ2n) is 4.28. The Kier molecular flexibility index (Phi) is 3.56. The second-order valence-corrected chi connectivity index (χ2v) is 4.28. The zero-order chi connectivity index (χ0) is 13.2. The first-order valence-electron chi connectivity index (χ1n) is 5.61. The van der Waals surface area contributed by atoms with Crippen LogP contribution in [0.4, 0.5) is 13.2 Å². The number of amides is 1. The minimum atomic E-state index is -4.30. The molecule has 98 valence electrons. The van der Waals surface area contributed by atoms with Gasteiger partial charge < -0.3 is 10.6 Å². The predicted molar refractivity (Wildman–Crippen MR) is 59.9 cm³/mol. The molecule has 0 aliphatic carbocycles. The number of alkyl halides is 3.